The average molecular weight is 241 g/mol. The molecule has 16 heavy (non-hydrogen) atoms. The molecule has 2 N–H and O–H groups in total. The van der Waals surface area contributed by atoms with Gasteiger partial charge in [-0.2, -0.15) is 0 Å². The Morgan fingerprint density at radius 2 is 1.81 bits per heavy atom. The zero-order chi connectivity index (χ0) is 11.9. The summed E-state index contributed by atoms with van der Waals surface area (Å²) < 4.78 is 30.8. The van der Waals surface area contributed by atoms with Gasteiger partial charge in [0.1, 0.15) is 10.1 Å². The van der Waals surface area contributed by atoms with E-state index in [1.165, 1.54) is 43.8 Å². The second kappa shape index (κ2) is 6.42. The van der Waals surface area contributed by atoms with Crippen molar-refractivity contribution in [3.05, 3.63) is 42.5 Å². The molecular formula is C11H15NO3S. The van der Waals surface area contributed by atoms with Crippen LogP contribution in [0.5, 0.6) is 0 Å². The molecule has 1 aromatic carbocycles. The van der Waals surface area contributed by atoms with E-state index in [4.69, 9.17) is 0 Å². The third-order valence-corrected chi connectivity index (χ3v) is 2.89. The van der Waals surface area contributed by atoms with Crippen molar-refractivity contribution >= 4 is 10.1 Å². The topological polar surface area (TPSA) is 73.8 Å². The van der Waals surface area contributed by atoms with Crippen molar-refractivity contribution < 1.29 is 18.3 Å². The first kappa shape index (κ1) is 12.9. The molecular weight excluding hydrogens is 226 g/mol. The molecule has 0 saturated heterocycles. The van der Waals surface area contributed by atoms with Gasteiger partial charge in [-0.15, -0.1) is 0 Å². The summed E-state index contributed by atoms with van der Waals surface area (Å²) in [5.74, 6) is 0. The lowest BCUT2D eigenvalue weighted by Gasteiger charge is -2.04. The Kier molecular flexibility index (Phi) is 5.18. The summed E-state index contributed by atoms with van der Waals surface area (Å²) >= 11 is 0. The molecule has 2 rings (SSSR count). The first-order chi connectivity index (χ1) is 7.61. The van der Waals surface area contributed by atoms with Crippen molar-refractivity contribution in [1.82, 2.24) is 0 Å². The fourth-order valence-electron chi connectivity index (χ4n) is 1.23. The minimum atomic E-state index is -4.25. The zero-order valence-corrected chi connectivity index (χ0v) is 9.69. The molecule has 0 spiro atoms. The van der Waals surface area contributed by atoms with Gasteiger partial charge < -0.3 is 9.87 Å². The maximum Gasteiger partial charge on any atom is 0.124 e. The maximum atomic E-state index is 10.3. The van der Waals surface area contributed by atoms with Crippen molar-refractivity contribution in [1.29, 1.82) is 0 Å². The Hall–Kier alpha value is -1.17. The Bertz CT molecular complexity index is 418. The minimum absolute atomic E-state index is 0.185. The van der Waals surface area contributed by atoms with Crippen molar-refractivity contribution in [3.63, 3.8) is 0 Å². The second-order valence-electron chi connectivity index (χ2n) is 3.34. The summed E-state index contributed by atoms with van der Waals surface area (Å²) in [5, 5.41) is 2.31. The Labute approximate surface area is 95.7 Å². The number of nitrogens with two attached hydrogens (primary N) is 1. The number of rotatable bonds is 1. The summed E-state index contributed by atoms with van der Waals surface area (Å²) in [4.78, 5) is -0.185. The van der Waals surface area contributed by atoms with Gasteiger partial charge in [-0.05, 0) is 18.2 Å². The molecule has 1 aliphatic rings. The van der Waals surface area contributed by atoms with E-state index in [-0.39, 0.29) is 4.90 Å². The molecule has 0 atom stereocenters. The molecule has 5 heteroatoms. The summed E-state index contributed by atoms with van der Waals surface area (Å²) in [5.41, 5.74) is 0. The van der Waals surface area contributed by atoms with E-state index in [9.17, 15) is 13.0 Å². The molecule has 0 bridgehead atoms. The normalized spacial score (nSPS) is 15.1. The second-order valence-corrected chi connectivity index (χ2v) is 4.72. The lowest BCUT2D eigenvalue weighted by Crippen LogP contribution is -2.84. The van der Waals surface area contributed by atoms with Crippen LogP contribution in [0.1, 0.15) is 6.42 Å². The number of hydrogen-bond donors (Lipinski definition) is 1. The summed E-state index contributed by atoms with van der Waals surface area (Å²) in [6.45, 7) is 2.48. The Balaban J connectivity index is 0.000000181. The highest BCUT2D eigenvalue weighted by Crippen LogP contribution is 2.04. The van der Waals surface area contributed by atoms with Gasteiger partial charge in [0.25, 0.3) is 0 Å². The van der Waals surface area contributed by atoms with Crippen molar-refractivity contribution in [2.24, 2.45) is 0 Å². The molecule has 0 aromatic heterocycles. The van der Waals surface area contributed by atoms with Crippen LogP contribution in [0.2, 0.25) is 0 Å². The van der Waals surface area contributed by atoms with Crippen LogP contribution in [0.4, 0.5) is 0 Å². The van der Waals surface area contributed by atoms with Gasteiger partial charge in [0.05, 0.1) is 18.0 Å². The lowest BCUT2D eigenvalue weighted by molar-refractivity contribution is -0.647. The quantitative estimate of drug-likeness (QED) is 0.560. The molecule has 0 radical (unpaired) electrons. The van der Waals surface area contributed by atoms with Crippen LogP contribution in [0, 0.1) is 0 Å². The monoisotopic (exact) mass is 241 g/mol. The van der Waals surface area contributed by atoms with Crippen LogP contribution >= 0.6 is 0 Å². The van der Waals surface area contributed by atoms with Gasteiger partial charge in [-0.25, -0.2) is 8.42 Å². The zero-order valence-electron chi connectivity index (χ0n) is 8.87. The molecule has 0 fully saturated rings. The molecule has 0 unspecified atom stereocenters. The fraction of sp³-hybridized carbons (Fsp3) is 0.273. The van der Waals surface area contributed by atoms with Gasteiger partial charge in [0, 0.05) is 6.42 Å². The number of quaternary nitrogens is 1. The molecule has 1 aliphatic heterocycles. The number of hydrogen-bond acceptors (Lipinski definition) is 3. The Morgan fingerprint density at radius 3 is 2.06 bits per heavy atom. The van der Waals surface area contributed by atoms with Gasteiger partial charge in [0.15, 0.2) is 0 Å². The smallest absolute Gasteiger partial charge is 0.124 e. The van der Waals surface area contributed by atoms with E-state index < -0.39 is 10.1 Å². The van der Waals surface area contributed by atoms with Crippen LogP contribution in [-0.2, 0) is 10.1 Å². The van der Waals surface area contributed by atoms with Crippen LogP contribution in [0.25, 0.3) is 0 Å². The van der Waals surface area contributed by atoms with Crippen molar-refractivity contribution in [3.8, 4) is 0 Å². The van der Waals surface area contributed by atoms with E-state index in [0.29, 0.717) is 0 Å². The van der Waals surface area contributed by atoms with Gasteiger partial charge >= 0.3 is 0 Å². The van der Waals surface area contributed by atoms with Crippen LogP contribution in [0.15, 0.2) is 47.4 Å². The van der Waals surface area contributed by atoms with E-state index >= 15 is 0 Å². The van der Waals surface area contributed by atoms with Gasteiger partial charge in [-0.3, -0.25) is 0 Å². The highest BCUT2D eigenvalue weighted by atomic mass is 32.2. The van der Waals surface area contributed by atoms with Crippen molar-refractivity contribution in [2.75, 3.05) is 13.1 Å². The lowest BCUT2D eigenvalue weighted by atomic mass is 10.3. The molecule has 0 saturated carbocycles. The molecule has 88 valence electrons. The molecule has 4 nitrogen and oxygen atoms in total. The first-order valence-electron chi connectivity index (χ1n) is 5.08. The Morgan fingerprint density at radius 1 is 1.12 bits per heavy atom. The average Bonchev–Trinajstić information content (AvgIpc) is 2.32. The summed E-state index contributed by atoms with van der Waals surface area (Å²) in [6.07, 6.45) is 5.71. The summed E-state index contributed by atoms with van der Waals surface area (Å²) in [6, 6.07) is 7.19. The molecule has 0 amide bonds. The molecule has 0 aliphatic carbocycles. The van der Waals surface area contributed by atoms with E-state index in [1.807, 2.05) is 0 Å². The molecule has 1 aromatic rings. The predicted octanol–water partition coefficient (Wildman–Crippen LogP) is 0.100. The fourth-order valence-corrected chi connectivity index (χ4v) is 1.72. The predicted molar refractivity (Wildman–Crippen MR) is 59.8 cm³/mol. The number of benzene rings is 1. The highest BCUT2D eigenvalue weighted by molar-refractivity contribution is 7.85. The van der Waals surface area contributed by atoms with E-state index in [1.54, 1.807) is 6.07 Å². The highest BCUT2D eigenvalue weighted by Gasteiger charge is 1.95. The minimum Gasteiger partial charge on any atom is -0.744 e. The van der Waals surface area contributed by atoms with E-state index in [2.05, 4.69) is 17.5 Å². The first-order valence-corrected chi connectivity index (χ1v) is 6.49. The maximum absolute atomic E-state index is 10.3. The van der Waals surface area contributed by atoms with E-state index in [0.717, 1.165) is 0 Å². The standard InChI is InChI=1S/C6H6O3S.C5H9N/c7-10(8,9)6-4-2-1-3-5-6;1-2-4-6-5-3-1/h1-5H,(H,7,8,9);1-2,6H,3-5H2. The molecule has 1 heterocycles. The van der Waals surface area contributed by atoms with Crippen molar-refractivity contribution in [2.45, 2.75) is 11.3 Å². The van der Waals surface area contributed by atoms with Gasteiger partial charge in [0.2, 0.25) is 0 Å². The van der Waals surface area contributed by atoms with Crippen LogP contribution < -0.4 is 5.32 Å². The third kappa shape index (κ3) is 5.06. The van der Waals surface area contributed by atoms with Crippen LogP contribution in [0.3, 0.4) is 0 Å². The SMILES string of the molecule is C1=CC[NH2+]CC1.O=S(=O)([O-])c1ccccc1. The third-order valence-electron chi connectivity index (χ3n) is 2.04. The summed E-state index contributed by atoms with van der Waals surface area (Å²) in [7, 11) is -4.25. The van der Waals surface area contributed by atoms with Crippen LogP contribution in [-0.4, -0.2) is 26.1 Å². The van der Waals surface area contributed by atoms with Gasteiger partial charge in [-0.1, -0.05) is 24.3 Å². The largest absolute Gasteiger partial charge is 0.744 e.